The molecule has 0 bridgehead atoms. The lowest BCUT2D eigenvalue weighted by Crippen LogP contribution is -2.39. The van der Waals surface area contributed by atoms with Crippen molar-refractivity contribution in [3.05, 3.63) is 12.7 Å². The lowest BCUT2D eigenvalue weighted by molar-refractivity contribution is -0.143. The van der Waals surface area contributed by atoms with Gasteiger partial charge in [-0.1, -0.05) is 27.9 Å². The molecule has 1 aliphatic heterocycles. The zero-order valence-electron chi connectivity index (χ0n) is 21.7. The molecule has 1 rings (SSSR count). The van der Waals surface area contributed by atoms with E-state index in [0.717, 1.165) is 19.0 Å². The van der Waals surface area contributed by atoms with E-state index in [-0.39, 0.29) is 31.2 Å². The maximum Gasteiger partial charge on any atom is 0.330 e. The topological polar surface area (TPSA) is 129 Å². The van der Waals surface area contributed by atoms with Crippen molar-refractivity contribution < 1.29 is 23.9 Å². The fourth-order valence-electron chi connectivity index (χ4n) is 1.87. The van der Waals surface area contributed by atoms with Crippen molar-refractivity contribution in [2.24, 2.45) is 16.7 Å². The number of carbonyl (C=O) groups excluding carboxylic acids is 3. The van der Waals surface area contributed by atoms with Gasteiger partial charge in [-0.05, 0) is 59.8 Å². The number of nitrogens with zero attached hydrogens (tertiary/aromatic N) is 2. The SMILES string of the molecule is C.C=CC(=O)OCC.CC(C)C#N.CC1(C)CCC(=O)NC1.CCOC(=O)CCC(C)(C)C#N. The lowest BCUT2D eigenvalue weighted by Gasteiger charge is -2.29. The number of rotatable bonds is 6. The molecule has 1 heterocycles. The number of ether oxygens (including phenoxy) is 2. The lowest BCUT2D eigenvalue weighted by atomic mass is 9.85. The molecule has 0 spiro atoms. The van der Waals surface area contributed by atoms with Crippen molar-refractivity contribution >= 4 is 17.8 Å². The van der Waals surface area contributed by atoms with E-state index < -0.39 is 5.41 Å². The van der Waals surface area contributed by atoms with Gasteiger partial charge in [0.25, 0.3) is 0 Å². The van der Waals surface area contributed by atoms with E-state index in [4.69, 9.17) is 15.3 Å². The minimum atomic E-state index is -0.424. The minimum absolute atomic E-state index is 0. The van der Waals surface area contributed by atoms with Crippen molar-refractivity contribution in [2.45, 2.75) is 88.5 Å². The Morgan fingerprint density at radius 1 is 1.21 bits per heavy atom. The summed E-state index contributed by atoms with van der Waals surface area (Å²) in [5, 5.41) is 19.4. The van der Waals surface area contributed by atoms with Crippen LogP contribution in [0.5, 0.6) is 0 Å². The van der Waals surface area contributed by atoms with Crippen LogP contribution in [0.25, 0.3) is 0 Å². The molecule has 0 saturated carbocycles. The predicted octanol–water partition coefficient (Wildman–Crippen LogP) is 5.34. The van der Waals surface area contributed by atoms with Crippen LogP contribution in [-0.2, 0) is 23.9 Å². The smallest absolute Gasteiger partial charge is 0.330 e. The molecule has 34 heavy (non-hydrogen) atoms. The largest absolute Gasteiger partial charge is 0.466 e. The van der Waals surface area contributed by atoms with Gasteiger partial charge in [0.05, 0.1) is 30.8 Å². The van der Waals surface area contributed by atoms with E-state index in [0.29, 0.717) is 37.9 Å². The molecule has 1 saturated heterocycles. The summed E-state index contributed by atoms with van der Waals surface area (Å²) < 4.78 is 9.17. The second-order valence-electron chi connectivity index (χ2n) is 8.98. The summed E-state index contributed by atoms with van der Waals surface area (Å²) in [6.07, 6.45) is 3.76. The van der Waals surface area contributed by atoms with E-state index in [1.54, 1.807) is 13.8 Å². The molecule has 8 nitrogen and oxygen atoms in total. The molecule has 0 unspecified atom stereocenters. The van der Waals surface area contributed by atoms with Crippen LogP contribution < -0.4 is 5.32 Å². The molecule has 8 heteroatoms. The zero-order chi connectivity index (χ0) is 26.5. The highest BCUT2D eigenvalue weighted by molar-refractivity contribution is 5.81. The van der Waals surface area contributed by atoms with Crippen molar-refractivity contribution in [2.75, 3.05) is 19.8 Å². The summed E-state index contributed by atoms with van der Waals surface area (Å²) in [6.45, 7) is 20.1. The number of hydrogen-bond donors (Lipinski definition) is 1. The number of hydrogen-bond acceptors (Lipinski definition) is 7. The monoisotopic (exact) mass is 481 g/mol. The highest BCUT2D eigenvalue weighted by atomic mass is 16.5. The third-order valence-electron chi connectivity index (χ3n) is 4.07. The Balaban J connectivity index is -0.000000183. The van der Waals surface area contributed by atoms with Crippen LogP contribution in [0, 0.1) is 39.4 Å². The van der Waals surface area contributed by atoms with Crippen LogP contribution in [0.1, 0.15) is 88.5 Å². The predicted molar refractivity (Wildman–Crippen MR) is 135 cm³/mol. The van der Waals surface area contributed by atoms with Crippen molar-refractivity contribution in [3.63, 3.8) is 0 Å². The van der Waals surface area contributed by atoms with Crippen molar-refractivity contribution in [1.29, 1.82) is 10.5 Å². The molecule has 0 aromatic carbocycles. The molecular weight excluding hydrogens is 434 g/mol. The molecule has 0 aliphatic carbocycles. The van der Waals surface area contributed by atoms with Crippen molar-refractivity contribution in [3.8, 4) is 12.1 Å². The molecule has 0 radical (unpaired) electrons. The van der Waals surface area contributed by atoms with E-state index >= 15 is 0 Å². The van der Waals surface area contributed by atoms with Gasteiger partial charge in [-0.15, -0.1) is 0 Å². The summed E-state index contributed by atoms with van der Waals surface area (Å²) >= 11 is 0. The highest BCUT2D eigenvalue weighted by Crippen LogP contribution is 2.23. The van der Waals surface area contributed by atoms with Crippen molar-refractivity contribution in [1.82, 2.24) is 5.32 Å². The van der Waals surface area contributed by atoms with Gasteiger partial charge < -0.3 is 14.8 Å². The quantitative estimate of drug-likeness (QED) is 0.400. The van der Waals surface area contributed by atoms with Gasteiger partial charge in [-0.25, -0.2) is 4.79 Å². The van der Waals surface area contributed by atoms with Crippen LogP contribution in [0.3, 0.4) is 0 Å². The minimum Gasteiger partial charge on any atom is -0.466 e. The van der Waals surface area contributed by atoms with E-state index in [1.807, 2.05) is 33.8 Å². The van der Waals surface area contributed by atoms with Gasteiger partial charge in [0.1, 0.15) is 0 Å². The Labute approximate surface area is 207 Å². The second kappa shape index (κ2) is 21.9. The Morgan fingerprint density at radius 2 is 1.71 bits per heavy atom. The van der Waals surface area contributed by atoms with Gasteiger partial charge in [0, 0.05) is 31.4 Å². The van der Waals surface area contributed by atoms with E-state index in [9.17, 15) is 14.4 Å². The first-order valence-electron chi connectivity index (χ1n) is 11.2. The summed E-state index contributed by atoms with van der Waals surface area (Å²) in [6, 6.07) is 4.16. The van der Waals surface area contributed by atoms with Crippen LogP contribution in [0.4, 0.5) is 0 Å². The summed E-state index contributed by atoms with van der Waals surface area (Å²) in [4.78, 5) is 31.6. The number of carbonyl (C=O) groups is 3. The number of nitrogens with one attached hydrogen (secondary N) is 1. The average molecular weight is 482 g/mol. The van der Waals surface area contributed by atoms with Crippen LogP contribution in [0.2, 0.25) is 0 Å². The fraction of sp³-hybridized carbons (Fsp3) is 0.731. The molecule has 1 amide bonds. The van der Waals surface area contributed by atoms with E-state index in [1.165, 1.54) is 0 Å². The van der Waals surface area contributed by atoms with Gasteiger partial charge in [-0.3, -0.25) is 9.59 Å². The average Bonchev–Trinajstić information content (AvgIpc) is 2.76. The third kappa shape index (κ3) is 29.1. The maximum absolute atomic E-state index is 10.9. The molecule has 1 N–H and O–H groups in total. The number of esters is 2. The Kier molecular flexibility index (Phi) is 24.8. The molecular formula is C26H47N3O5. The highest BCUT2D eigenvalue weighted by Gasteiger charge is 2.24. The van der Waals surface area contributed by atoms with Crippen LogP contribution >= 0.6 is 0 Å². The second-order valence-corrected chi connectivity index (χ2v) is 8.98. The summed E-state index contributed by atoms with van der Waals surface area (Å²) in [7, 11) is 0. The van der Waals surface area contributed by atoms with E-state index in [2.05, 4.69) is 36.5 Å². The molecule has 1 aliphatic rings. The number of nitriles is 2. The maximum atomic E-state index is 10.9. The van der Waals surface area contributed by atoms with Crippen LogP contribution in [0.15, 0.2) is 12.7 Å². The van der Waals surface area contributed by atoms with Gasteiger partial charge in [0.2, 0.25) is 5.91 Å². The van der Waals surface area contributed by atoms with Gasteiger partial charge >= 0.3 is 11.9 Å². The first-order valence-corrected chi connectivity index (χ1v) is 11.2. The summed E-state index contributed by atoms with van der Waals surface area (Å²) in [5.41, 5.74) is -0.0966. The molecule has 0 aromatic heterocycles. The normalized spacial score (nSPS) is 13.1. The third-order valence-corrected chi connectivity index (χ3v) is 4.07. The van der Waals surface area contributed by atoms with Gasteiger partial charge in [-0.2, -0.15) is 10.5 Å². The molecule has 0 atom stereocenters. The van der Waals surface area contributed by atoms with Gasteiger partial charge in [0.15, 0.2) is 0 Å². The molecule has 0 aromatic rings. The zero-order valence-corrected chi connectivity index (χ0v) is 21.7. The Bertz CT molecular complexity index is 659. The Morgan fingerprint density at radius 3 is 1.97 bits per heavy atom. The molecule has 196 valence electrons. The standard InChI is InChI=1S/C9H15NO2.C7H13NO.C5H8O2.C4H7N.CH4/c1-4-12-8(11)5-6-9(2,3)7-10;1-7(2)4-3-6(9)8-5-7;1-3-5(6)7-4-2;1-4(2)3-5;/h4-6H2,1-3H3;3-5H2,1-2H3,(H,8,9);3H,1,4H2,2H3;4H,1-2H3;1H4. The first kappa shape index (κ1) is 38.4. The fourth-order valence-corrected chi connectivity index (χ4v) is 1.87. The summed E-state index contributed by atoms with van der Waals surface area (Å²) in [5.74, 6) is -0.187. The number of amides is 1. The first-order chi connectivity index (χ1) is 15.2. The van der Waals surface area contributed by atoms with Crippen LogP contribution in [-0.4, -0.2) is 37.6 Å². The molecule has 1 fully saturated rings. The Hall–Kier alpha value is -2.87. The number of piperidine rings is 1.